The molecule has 0 aliphatic heterocycles. The van der Waals surface area contributed by atoms with Gasteiger partial charge >= 0.3 is 0 Å². The highest BCUT2D eigenvalue weighted by Crippen LogP contribution is 2.40. The maximum Gasteiger partial charge on any atom is 0.223 e. The Bertz CT molecular complexity index is 640. The van der Waals surface area contributed by atoms with Crippen LogP contribution in [0.4, 0.5) is 0 Å². The van der Waals surface area contributed by atoms with E-state index in [0.29, 0.717) is 13.1 Å². The molecule has 0 radical (unpaired) electrons. The van der Waals surface area contributed by atoms with Gasteiger partial charge in [-0.2, -0.15) is 0 Å². The summed E-state index contributed by atoms with van der Waals surface area (Å²) in [6, 6.07) is 8.73. The summed E-state index contributed by atoms with van der Waals surface area (Å²) < 4.78 is 1.12. The summed E-state index contributed by atoms with van der Waals surface area (Å²) in [4.78, 5) is 16.0. The molecule has 7 heteroatoms. The van der Waals surface area contributed by atoms with Gasteiger partial charge in [-0.1, -0.05) is 40.9 Å². The fraction of sp³-hybridized carbons (Fsp3) is 0.600. The summed E-state index contributed by atoms with van der Waals surface area (Å²) in [7, 11) is 1.79. The van der Waals surface area contributed by atoms with E-state index in [9.17, 15) is 4.79 Å². The van der Waals surface area contributed by atoms with Crippen molar-refractivity contribution in [2.75, 3.05) is 26.7 Å². The van der Waals surface area contributed by atoms with E-state index in [-0.39, 0.29) is 41.2 Å². The summed E-state index contributed by atoms with van der Waals surface area (Å²) in [5, 5.41) is 9.78. The zero-order valence-electron chi connectivity index (χ0n) is 15.9. The van der Waals surface area contributed by atoms with Crippen molar-refractivity contribution in [2.45, 2.75) is 43.9 Å². The van der Waals surface area contributed by atoms with Gasteiger partial charge in [0.25, 0.3) is 0 Å². The molecule has 1 aromatic carbocycles. The van der Waals surface area contributed by atoms with Crippen LogP contribution in [-0.4, -0.2) is 38.5 Å². The number of carbonyl (C=O) groups is 1. The SMILES string of the molecule is CN=C(NCCNC(=O)C1CC1)NCC1(c2ccc(Br)cc2)CCCC1.I. The molecule has 2 fully saturated rings. The summed E-state index contributed by atoms with van der Waals surface area (Å²) in [5.41, 5.74) is 1.58. The number of rotatable bonds is 7. The van der Waals surface area contributed by atoms with E-state index in [0.717, 1.165) is 29.8 Å². The lowest BCUT2D eigenvalue weighted by molar-refractivity contribution is -0.122. The number of amides is 1. The molecule has 5 nitrogen and oxygen atoms in total. The largest absolute Gasteiger partial charge is 0.356 e. The number of nitrogens with zero attached hydrogens (tertiary/aromatic N) is 1. The molecule has 0 atom stereocenters. The van der Waals surface area contributed by atoms with Crippen molar-refractivity contribution in [1.29, 1.82) is 0 Å². The van der Waals surface area contributed by atoms with Crippen molar-refractivity contribution < 1.29 is 4.79 Å². The van der Waals surface area contributed by atoms with Gasteiger partial charge in [-0.05, 0) is 43.4 Å². The van der Waals surface area contributed by atoms with Crippen LogP contribution in [-0.2, 0) is 10.2 Å². The van der Waals surface area contributed by atoms with Gasteiger partial charge in [0.05, 0.1) is 0 Å². The molecule has 3 N–H and O–H groups in total. The number of nitrogens with one attached hydrogen (secondary N) is 3. The van der Waals surface area contributed by atoms with Crippen LogP contribution >= 0.6 is 39.9 Å². The Kier molecular flexibility index (Phi) is 8.85. The Morgan fingerprint density at radius 1 is 1.11 bits per heavy atom. The Morgan fingerprint density at radius 3 is 2.33 bits per heavy atom. The van der Waals surface area contributed by atoms with Gasteiger partial charge in [0, 0.05) is 42.5 Å². The Hall–Kier alpha value is -0.830. The zero-order valence-corrected chi connectivity index (χ0v) is 19.8. The molecule has 27 heavy (non-hydrogen) atoms. The quantitative estimate of drug-likeness (QED) is 0.211. The van der Waals surface area contributed by atoms with Crippen LogP contribution in [0.5, 0.6) is 0 Å². The number of halogens is 2. The van der Waals surface area contributed by atoms with Crippen molar-refractivity contribution in [3.05, 3.63) is 34.3 Å². The number of carbonyl (C=O) groups excluding carboxylic acids is 1. The first kappa shape index (κ1) is 22.5. The summed E-state index contributed by atoms with van der Waals surface area (Å²) in [5.74, 6) is 1.25. The minimum atomic E-state index is 0. The molecule has 2 aliphatic carbocycles. The number of benzene rings is 1. The van der Waals surface area contributed by atoms with Gasteiger partial charge in [-0.25, -0.2) is 0 Å². The molecule has 3 rings (SSSR count). The van der Waals surface area contributed by atoms with Crippen LogP contribution in [0.15, 0.2) is 33.7 Å². The third-order valence-corrected chi connectivity index (χ3v) is 6.03. The van der Waals surface area contributed by atoms with Crippen LogP contribution in [0.3, 0.4) is 0 Å². The third kappa shape index (κ3) is 6.34. The van der Waals surface area contributed by atoms with E-state index >= 15 is 0 Å². The zero-order chi connectivity index (χ0) is 18.4. The normalized spacial score (nSPS) is 18.5. The standard InChI is InChI=1S/C20H29BrN4O.HI/c1-22-19(24-13-12-23-18(26)15-4-5-15)25-14-20(10-2-3-11-20)16-6-8-17(21)9-7-16;/h6-9,15H,2-5,10-14H2,1H3,(H,23,26)(H2,22,24,25);1H. The molecule has 1 amide bonds. The van der Waals surface area contributed by atoms with Gasteiger partial charge in [0.2, 0.25) is 5.91 Å². The van der Waals surface area contributed by atoms with Gasteiger partial charge in [-0.3, -0.25) is 9.79 Å². The Balaban J connectivity index is 0.00000261. The second-order valence-electron chi connectivity index (χ2n) is 7.41. The number of guanidine groups is 1. The average molecular weight is 549 g/mol. The highest BCUT2D eigenvalue weighted by Gasteiger charge is 2.35. The molecule has 0 saturated heterocycles. The van der Waals surface area contributed by atoms with Crippen molar-refractivity contribution in [2.24, 2.45) is 10.9 Å². The van der Waals surface area contributed by atoms with Gasteiger partial charge in [-0.15, -0.1) is 24.0 Å². The lowest BCUT2D eigenvalue weighted by Crippen LogP contribution is -2.46. The smallest absolute Gasteiger partial charge is 0.223 e. The van der Waals surface area contributed by atoms with Crippen LogP contribution in [0.25, 0.3) is 0 Å². The predicted octanol–water partition coefficient (Wildman–Crippen LogP) is 3.57. The molecular weight excluding hydrogens is 519 g/mol. The van der Waals surface area contributed by atoms with Crippen LogP contribution in [0.1, 0.15) is 44.1 Å². The molecular formula is C20H30BrIN4O. The molecule has 0 spiro atoms. The minimum absolute atomic E-state index is 0. The summed E-state index contributed by atoms with van der Waals surface area (Å²) in [6.45, 7) is 2.19. The molecule has 2 saturated carbocycles. The van der Waals surface area contributed by atoms with Crippen LogP contribution in [0, 0.1) is 5.92 Å². The van der Waals surface area contributed by atoms with E-state index in [4.69, 9.17) is 0 Å². The maximum atomic E-state index is 11.7. The fourth-order valence-electron chi connectivity index (χ4n) is 3.75. The van der Waals surface area contributed by atoms with Crippen molar-refractivity contribution in [1.82, 2.24) is 16.0 Å². The molecule has 0 unspecified atom stereocenters. The van der Waals surface area contributed by atoms with Crippen LogP contribution in [0.2, 0.25) is 0 Å². The van der Waals surface area contributed by atoms with Crippen molar-refractivity contribution >= 4 is 51.8 Å². The second kappa shape index (κ2) is 10.6. The molecule has 2 aliphatic rings. The fourth-order valence-corrected chi connectivity index (χ4v) is 4.02. The minimum Gasteiger partial charge on any atom is -0.356 e. The van der Waals surface area contributed by atoms with Gasteiger partial charge in [0.1, 0.15) is 0 Å². The van der Waals surface area contributed by atoms with E-state index in [2.05, 4.69) is 61.1 Å². The summed E-state index contributed by atoms with van der Waals surface area (Å²) >= 11 is 3.53. The average Bonchev–Trinajstić information content (AvgIpc) is 3.40. The third-order valence-electron chi connectivity index (χ3n) is 5.50. The molecule has 150 valence electrons. The first-order chi connectivity index (χ1) is 12.6. The Labute approximate surface area is 187 Å². The second-order valence-corrected chi connectivity index (χ2v) is 8.33. The van der Waals surface area contributed by atoms with E-state index in [1.54, 1.807) is 7.05 Å². The summed E-state index contributed by atoms with van der Waals surface area (Å²) in [6.07, 6.45) is 7.04. The van der Waals surface area contributed by atoms with E-state index in [1.165, 1.54) is 31.2 Å². The first-order valence-corrected chi connectivity index (χ1v) is 10.4. The number of hydrogen-bond acceptors (Lipinski definition) is 2. The molecule has 1 aromatic rings. The lowest BCUT2D eigenvalue weighted by atomic mass is 9.79. The first-order valence-electron chi connectivity index (χ1n) is 9.61. The lowest BCUT2D eigenvalue weighted by Gasteiger charge is -2.31. The topological polar surface area (TPSA) is 65.5 Å². The van der Waals surface area contributed by atoms with Gasteiger partial charge < -0.3 is 16.0 Å². The number of hydrogen-bond donors (Lipinski definition) is 3. The van der Waals surface area contributed by atoms with Crippen molar-refractivity contribution in [3.63, 3.8) is 0 Å². The molecule has 0 bridgehead atoms. The number of aliphatic imine (C=N–C) groups is 1. The highest BCUT2D eigenvalue weighted by molar-refractivity contribution is 14.0. The van der Waals surface area contributed by atoms with E-state index < -0.39 is 0 Å². The van der Waals surface area contributed by atoms with Crippen molar-refractivity contribution in [3.8, 4) is 0 Å². The van der Waals surface area contributed by atoms with E-state index in [1.807, 2.05) is 0 Å². The molecule has 0 aromatic heterocycles. The van der Waals surface area contributed by atoms with Gasteiger partial charge in [0.15, 0.2) is 5.96 Å². The molecule has 0 heterocycles. The highest BCUT2D eigenvalue weighted by atomic mass is 127. The Morgan fingerprint density at radius 2 is 1.74 bits per heavy atom. The van der Waals surface area contributed by atoms with Crippen LogP contribution < -0.4 is 16.0 Å². The monoisotopic (exact) mass is 548 g/mol. The maximum absolute atomic E-state index is 11.7. The predicted molar refractivity (Wildman–Crippen MR) is 125 cm³/mol.